The normalized spacial score (nSPS) is 15.2. The zero-order valence-electron chi connectivity index (χ0n) is 13.3. The number of alkyl halides is 2. The number of amides is 1. The molecule has 0 spiro atoms. The molecule has 0 N–H and O–H groups in total. The van der Waals surface area contributed by atoms with Gasteiger partial charge in [0.05, 0.1) is 0 Å². The Bertz CT molecular complexity index is 729. The van der Waals surface area contributed by atoms with E-state index in [0.29, 0.717) is 18.7 Å². The summed E-state index contributed by atoms with van der Waals surface area (Å²) in [4.78, 5) is 20.5. The number of anilines is 1. The fourth-order valence-electron chi connectivity index (χ4n) is 2.58. The van der Waals surface area contributed by atoms with Gasteiger partial charge in [-0.3, -0.25) is 4.79 Å². The summed E-state index contributed by atoms with van der Waals surface area (Å²) < 4.78 is 29.3. The molecule has 0 unspecified atom stereocenters. The Kier molecular flexibility index (Phi) is 5.60. The smallest absolute Gasteiger partial charge is 0.387 e. The van der Waals surface area contributed by atoms with E-state index in [2.05, 4.69) is 14.6 Å². The molecule has 1 saturated heterocycles. The SMILES string of the molecule is O=C(/C=C/c1ccccc1OC(F)F)N1CCN(c2nccs2)CC1. The standard InChI is InChI=1S/C17H17F2N3O2S/c18-16(19)24-14-4-2-1-3-13(14)5-6-15(23)21-8-10-22(11-9-21)17-20-7-12-25-17/h1-7,12,16H,8-11H2/b6-5+. The van der Waals surface area contributed by atoms with Gasteiger partial charge in [0.15, 0.2) is 5.13 Å². The van der Waals surface area contributed by atoms with Gasteiger partial charge in [0, 0.05) is 49.4 Å². The fraction of sp³-hybridized carbons (Fsp3) is 0.294. The van der Waals surface area contributed by atoms with Crippen LogP contribution >= 0.6 is 11.3 Å². The molecule has 1 amide bonds. The number of para-hydroxylation sites is 1. The van der Waals surface area contributed by atoms with E-state index in [0.717, 1.165) is 18.2 Å². The lowest BCUT2D eigenvalue weighted by Gasteiger charge is -2.34. The number of hydrogen-bond donors (Lipinski definition) is 0. The highest BCUT2D eigenvalue weighted by molar-refractivity contribution is 7.13. The molecule has 0 bridgehead atoms. The number of aromatic nitrogens is 1. The molecule has 0 saturated carbocycles. The van der Waals surface area contributed by atoms with E-state index in [4.69, 9.17) is 0 Å². The summed E-state index contributed by atoms with van der Waals surface area (Å²) in [5, 5.41) is 2.88. The predicted octanol–water partition coefficient (Wildman–Crippen LogP) is 3.11. The number of thiazole rings is 1. The number of nitrogens with zero attached hydrogens (tertiary/aromatic N) is 3. The van der Waals surface area contributed by atoms with Gasteiger partial charge in [-0.25, -0.2) is 4.98 Å². The summed E-state index contributed by atoms with van der Waals surface area (Å²) in [6, 6.07) is 6.38. The molecule has 1 aromatic heterocycles. The van der Waals surface area contributed by atoms with Crippen molar-refractivity contribution in [1.29, 1.82) is 0 Å². The van der Waals surface area contributed by atoms with Crippen molar-refractivity contribution in [1.82, 2.24) is 9.88 Å². The second kappa shape index (κ2) is 8.06. The molecule has 1 aliphatic rings. The first-order valence-corrected chi connectivity index (χ1v) is 8.67. The van der Waals surface area contributed by atoms with Crippen LogP contribution in [0.1, 0.15) is 5.56 Å². The van der Waals surface area contributed by atoms with Crippen LogP contribution in [0.4, 0.5) is 13.9 Å². The topological polar surface area (TPSA) is 45.7 Å². The predicted molar refractivity (Wildman–Crippen MR) is 93.0 cm³/mol. The number of benzene rings is 1. The highest BCUT2D eigenvalue weighted by atomic mass is 32.1. The molecule has 132 valence electrons. The van der Waals surface area contributed by atoms with Crippen molar-refractivity contribution in [2.24, 2.45) is 0 Å². The minimum absolute atomic E-state index is 0.0511. The lowest BCUT2D eigenvalue weighted by molar-refractivity contribution is -0.126. The number of carbonyl (C=O) groups is 1. The highest BCUT2D eigenvalue weighted by Gasteiger charge is 2.21. The van der Waals surface area contributed by atoms with Crippen LogP contribution in [0, 0.1) is 0 Å². The maximum atomic E-state index is 12.4. The largest absolute Gasteiger partial charge is 0.434 e. The van der Waals surface area contributed by atoms with Crippen molar-refractivity contribution in [3.63, 3.8) is 0 Å². The minimum Gasteiger partial charge on any atom is -0.434 e. The van der Waals surface area contributed by atoms with E-state index in [1.807, 2.05) is 5.38 Å². The first-order valence-electron chi connectivity index (χ1n) is 7.79. The average Bonchev–Trinajstić information content (AvgIpc) is 3.15. The third kappa shape index (κ3) is 4.54. The lowest BCUT2D eigenvalue weighted by atomic mass is 10.2. The molecule has 1 fully saturated rings. The van der Waals surface area contributed by atoms with E-state index in [1.165, 1.54) is 18.2 Å². The van der Waals surface area contributed by atoms with Crippen LogP contribution < -0.4 is 9.64 Å². The van der Waals surface area contributed by atoms with Crippen LogP contribution in [0.3, 0.4) is 0 Å². The van der Waals surface area contributed by atoms with Crippen molar-refractivity contribution < 1.29 is 18.3 Å². The first kappa shape index (κ1) is 17.3. The van der Waals surface area contributed by atoms with Crippen LogP contribution in [0.5, 0.6) is 5.75 Å². The van der Waals surface area contributed by atoms with Crippen molar-refractivity contribution in [2.45, 2.75) is 6.61 Å². The number of carbonyl (C=O) groups excluding carboxylic acids is 1. The van der Waals surface area contributed by atoms with Crippen molar-refractivity contribution >= 4 is 28.5 Å². The molecule has 0 atom stereocenters. The molecular formula is C17H17F2N3O2S. The maximum absolute atomic E-state index is 12.4. The number of piperazine rings is 1. The quantitative estimate of drug-likeness (QED) is 0.764. The van der Waals surface area contributed by atoms with Gasteiger partial charge in [-0.05, 0) is 12.1 Å². The van der Waals surface area contributed by atoms with Gasteiger partial charge < -0.3 is 14.5 Å². The van der Waals surface area contributed by atoms with Crippen LogP contribution in [-0.2, 0) is 4.79 Å². The molecule has 8 heteroatoms. The summed E-state index contributed by atoms with van der Waals surface area (Å²) in [6.07, 6.45) is 4.67. The number of ether oxygens (including phenoxy) is 1. The molecular weight excluding hydrogens is 348 g/mol. The van der Waals surface area contributed by atoms with Crippen LogP contribution in [0.25, 0.3) is 6.08 Å². The lowest BCUT2D eigenvalue weighted by Crippen LogP contribution is -2.48. The van der Waals surface area contributed by atoms with Gasteiger partial charge in [0.25, 0.3) is 0 Å². The van der Waals surface area contributed by atoms with E-state index in [-0.39, 0.29) is 11.7 Å². The van der Waals surface area contributed by atoms with Gasteiger partial charge in [0.1, 0.15) is 5.75 Å². The molecule has 2 aromatic rings. The molecule has 0 aliphatic carbocycles. The number of rotatable bonds is 5. The summed E-state index contributed by atoms with van der Waals surface area (Å²) in [7, 11) is 0. The minimum atomic E-state index is -2.90. The Balaban J connectivity index is 1.59. The molecule has 3 rings (SSSR count). The summed E-state index contributed by atoms with van der Waals surface area (Å²) >= 11 is 1.58. The Hall–Kier alpha value is -2.48. The third-order valence-electron chi connectivity index (χ3n) is 3.82. The fourth-order valence-corrected chi connectivity index (χ4v) is 3.28. The Morgan fingerprint density at radius 3 is 2.68 bits per heavy atom. The summed E-state index contributed by atoms with van der Waals surface area (Å²) in [5.41, 5.74) is 0.442. The van der Waals surface area contributed by atoms with Crippen LogP contribution in [-0.4, -0.2) is 48.6 Å². The van der Waals surface area contributed by atoms with Crippen molar-refractivity contribution in [3.05, 3.63) is 47.5 Å². The molecule has 5 nitrogen and oxygen atoms in total. The zero-order chi connectivity index (χ0) is 17.6. The maximum Gasteiger partial charge on any atom is 0.387 e. The number of halogens is 2. The Labute approximate surface area is 148 Å². The van der Waals surface area contributed by atoms with Crippen molar-refractivity contribution in [2.75, 3.05) is 31.1 Å². The van der Waals surface area contributed by atoms with E-state index >= 15 is 0 Å². The Morgan fingerprint density at radius 2 is 2.00 bits per heavy atom. The zero-order valence-corrected chi connectivity index (χ0v) is 14.2. The van der Waals surface area contributed by atoms with E-state index in [9.17, 15) is 13.6 Å². The number of hydrogen-bond acceptors (Lipinski definition) is 5. The first-order chi connectivity index (χ1) is 12.1. The third-order valence-corrected chi connectivity index (χ3v) is 4.65. The van der Waals surface area contributed by atoms with Gasteiger partial charge in [-0.1, -0.05) is 18.2 Å². The Morgan fingerprint density at radius 1 is 1.24 bits per heavy atom. The summed E-state index contributed by atoms with van der Waals surface area (Å²) in [6.45, 7) is -0.268. The molecule has 1 aromatic carbocycles. The van der Waals surface area contributed by atoms with Gasteiger partial charge in [0.2, 0.25) is 5.91 Å². The van der Waals surface area contributed by atoms with Gasteiger partial charge >= 0.3 is 6.61 Å². The van der Waals surface area contributed by atoms with E-state index in [1.54, 1.807) is 40.6 Å². The van der Waals surface area contributed by atoms with Gasteiger partial charge in [-0.15, -0.1) is 11.3 Å². The second-order valence-electron chi connectivity index (χ2n) is 5.38. The van der Waals surface area contributed by atoms with Crippen molar-refractivity contribution in [3.8, 4) is 5.75 Å². The molecule has 1 aliphatic heterocycles. The van der Waals surface area contributed by atoms with E-state index < -0.39 is 6.61 Å². The highest BCUT2D eigenvalue weighted by Crippen LogP contribution is 2.22. The monoisotopic (exact) mass is 365 g/mol. The van der Waals surface area contributed by atoms with Crippen LogP contribution in [0.2, 0.25) is 0 Å². The molecule has 2 heterocycles. The average molecular weight is 365 g/mol. The summed E-state index contributed by atoms with van der Waals surface area (Å²) in [5.74, 6) is -0.0965. The van der Waals surface area contributed by atoms with Gasteiger partial charge in [-0.2, -0.15) is 8.78 Å². The molecule has 25 heavy (non-hydrogen) atoms. The molecule has 0 radical (unpaired) electrons. The van der Waals surface area contributed by atoms with Crippen LogP contribution in [0.15, 0.2) is 41.9 Å². The second-order valence-corrected chi connectivity index (χ2v) is 6.25.